The molecule has 0 spiro atoms. The number of halogens is 3. The van der Waals surface area contributed by atoms with Crippen molar-refractivity contribution in [2.45, 2.75) is 4.90 Å². The predicted molar refractivity (Wildman–Crippen MR) is 129 cm³/mol. The number of fused-ring (bicyclic) bond motifs is 1. The van der Waals surface area contributed by atoms with E-state index in [1.165, 1.54) is 12.1 Å². The normalized spacial score (nSPS) is 11.0. The predicted octanol–water partition coefficient (Wildman–Crippen LogP) is 6.57. The molecule has 32 heavy (non-hydrogen) atoms. The highest BCUT2D eigenvalue weighted by Gasteiger charge is 2.14. The fraction of sp³-hybridized carbons (Fsp3) is 0.125. The molecule has 0 bridgehead atoms. The summed E-state index contributed by atoms with van der Waals surface area (Å²) in [5.41, 5.74) is 2.84. The van der Waals surface area contributed by atoms with Gasteiger partial charge in [0.1, 0.15) is 11.6 Å². The van der Waals surface area contributed by atoms with Crippen LogP contribution in [-0.4, -0.2) is 29.8 Å². The van der Waals surface area contributed by atoms with Crippen molar-refractivity contribution in [3.05, 3.63) is 82.6 Å². The largest absolute Gasteiger partial charge is 0.482 e. The molecule has 8 heteroatoms. The number of aromatic nitrogens is 1. The van der Waals surface area contributed by atoms with E-state index in [9.17, 15) is 9.18 Å². The lowest BCUT2D eigenvalue weighted by Gasteiger charge is -2.09. The number of carbonyl (C=O) groups excluding carboxylic acids is 1. The number of hydrogen-bond acceptors (Lipinski definition) is 3. The van der Waals surface area contributed by atoms with Crippen LogP contribution in [0.5, 0.6) is 5.75 Å². The van der Waals surface area contributed by atoms with Crippen LogP contribution in [0.15, 0.2) is 71.6 Å². The summed E-state index contributed by atoms with van der Waals surface area (Å²) in [7, 11) is 0. The first kappa shape index (κ1) is 22.5. The summed E-state index contributed by atoms with van der Waals surface area (Å²) in [4.78, 5) is 16.6. The molecule has 4 nitrogen and oxygen atoms in total. The number of hydrogen-bond donors (Lipinski definition) is 2. The molecule has 1 amide bonds. The lowest BCUT2D eigenvalue weighted by Crippen LogP contribution is -2.30. The molecule has 0 aliphatic carbocycles. The van der Waals surface area contributed by atoms with Crippen LogP contribution in [0, 0.1) is 5.82 Å². The molecular weight excluding hydrogens is 470 g/mol. The maximum atomic E-state index is 13.4. The molecule has 0 aliphatic heterocycles. The van der Waals surface area contributed by atoms with Gasteiger partial charge in [0.05, 0.1) is 10.7 Å². The van der Waals surface area contributed by atoms with Crippen molar-refractivity contribution in [2.24, 2.45) is 0 Å². The molecule has 1 heterocycles. The summed E-state index contributed by atoms with van der Waals surface area (Å²) in [6, 6.07) is 19.2. The standard InChI is InChI=1S/C24H19Cl2FN2O2S/c25-16-7-10-21(19(26)13-16)31-14-22(30)28-11-12-32-24-18-3-1-2-4-20(18)29-23(24)15-5-8-17(27)9-6-15/h1-10,13,29H,11-12,14H2,(H,28,30). The smallest absolute Gasteiger partial charge is 0.257 e. The van der Waals surface area contributed by atoms with Crippen LogP contribution in [0.25, 0.3) is 22.2 Å². The van der Waals surface area contributed by atoms with E-state index in [2.05, 4.69) is 10.3 Å². The van der Waals surface area contributed by atoms with Gasteiger partial charge in [-0.15, -0.1) is 11.8 Å². The number of aromatic amines is 1. The van der Waals surface area contributed by atoms with Gasteiger partial charge in [-0.25, -0.2) is 4.39 Å². The summed E-state index contributed by atoms with van der Waals surface area (Å²) in [5.74, 6) is 0.547. The van der Waals surface area contributed by atoms with Gasteiger partial charge < -0.3 is 15.0 Å². The fourth-order valence-electron chi connectivity index (χ4n) is 3.22. The van der Waals surface area contributed by atoms with Crippen molar-refractivity contribution in [2.75, 3.05) is 18.9 Å². The zero-order valence-corrected chi connectivity index (χ0v) is 19.2. The highest BCUT2D eigenvalue weighted by molar-refractivity contribution is 7.99. The summed E-state index contributed by atoms with van der Waals surface area (Å²) < 4.78 is 18.8. The molecule has 4 aromatic rings. The van der Waals surface area contributed by atoms with Gasteiger partial charge >= 0.3 is 0 Å². The molecular formula is C24H19Cl2FN2O2S. The minimum Gasteiger partial charge on any atom is -0.482 e. The Kier molecular flexibility index (Phi) is 7.25. The van der Waals surface area contributed by atoms with E-state index in [1.807, 2.05) is 24.3 Å². The highest BCUT2D eigenvalue weighted by atomic mass is 35.5. The second-order valence-electron chi connectivity index (χ2n) is 6.94. The average molecular weight is 489 g/mol. The zero-order valence-electron chi connectivity index (χ0n) is 16.8. The monoisotopic (exact) mass is 488 g/mol. The Morgan fingerprint density at radius 3 is 2.62 bits per heavy atom. The van der Waals surface area contributed by atoms with Crippen LogP contribution in [0.2, 0.25) is 10.0 Å². The molecule has 0 unspecified atom stereocenters. The van der Waals surface area contributed by atoms with Gasteiger partial charge in [-0.1, -0.05) is 41.4 Å². The highest BCUT2D eigenvalue weighted by Crippen LogP contribution is 2.37. The fourth-order valence-corrected chi connectivity index (χ4v) is 4.73. The molecule has 0 atom stereocenters. The third kappa shape index (κ3) is 5.38. The van der Waals surface area contributed by atoms with Gasteiger partial charge in [0, 0.05) is 33.1 Å². The molecule has 0 saturated carbocycles. The third-order valence-electron chi connectivity index (χ3n) is 4.71. The number of carbonyl (C=O) groups is 1. The summed E-state index contributed by atoms with van der Waals surface area (Å²) >= 11 is 13.5. The van der Waals surface area contributed by atoms with Crippen molar-refractivity contribution in [1.29, 1.82) is 0 Å². The molecule has 2 N–H and O–H groups in total. The average Bonchev–Trinajstić information content (AvgIpc) is 3.15. The van der Waals surface area contributed by atoms with E-state index in [0.29, 0.717) is 28.1 Å². The maximum absolute atomic E-state index is 13.4. The van der Waals surface area contributed by atoms with Crippen molar-refractivity contribution < 1.29 is 13.9 Å². The van der Waals surface area contributed by atoms with Crippen LogP contribution < -0.4 is 10.1 Å². The van der Waals surface area contributed by atoms with Crippen molar-refractivity contribution in [3.63, 3.8) is 0 Å². The van der Waals surface area contributed by atoms with Gasteiger partial charge in [0.15, 0.2) is 6.61 Å². The summed E-state index contributed by atoms with van der Waals surface area (Å²) in [6.45, 7) is 0.323. The van der Waals surface area contributed by atoms with Gasteiger partial charge in [0.2, 0.25) is 0 Å². The molecule has 0 saturated heterocycles. The minimum absolute atomic E-state index is 0.139. The SMILES string of the molecule is O=C(COc1ccc(Cl)cc1Cl)NCCSc1c(-c2ccc(F)cc2)[nH]c2ccccc12. The van der Waals surface area contributed by atoms with E-state index in [0.717, 1.165) is 27.1 Å². The molecule has 0 aliphatic rings. The summed E-state index contributed by atoms with van der Waals surface area (Å²) in [5, 5.41) is 4.79. The van der Waals surface area contributed by atoms with E-state index >= 15 is 0 Å². The molecule has 4 rings (SSSR count). The number of benzene rings is 3. The van der Waals surface area contributed by atoms with Crippen LogP contribution in [-0.2, 0) is 4.79 Å². The quantitative estimate of drug-likeness (QED) is 0.218. The molecule has 1 aromatic heterocycles. The van der Waals surface area contributed by atoms with Crippen LogP contribution in [0.4, 0.5) is 4.39 Å². The Bertz CT molecular complexity index is 1240. The van der Waals surface area contributed by atoms with Crippen LogP contribution in [0.1, 0.15) is 0 Å². The van der Waals surface area contributed by atoms with Gasteiger partial charge in [-0.2, -0.15) is 0 Å². The van der Waals surface area contributed by atoms with E-state index in [-0.39, 0.29) is 18.3 Å². The van der Waals surface area contributed by atoms with Gasteiger partial charge in [0.25, 0.3) is 5.91 Å². The second kappa shape index (κ2) is 10.3. The van der Waals surface area contributed by atoms with Gasteiger partial charge in [-0.05, 0) is 54.1 Å². The number of H-pyrrole nitrogens is 1. The third-order valence-corrected chi connectivity index (χ3v) is 6.37. The Hall–Kier alpha value is -2.67. The topological polar surface area (TPSA) is 54.1 Å². The van der Waals surface area contributed by atoms with Gasteiger partial charge in [-0.3, -0.25) is 4.79 Å². The molecule has 0 radical (unpaired) electrons. The Morgan fingerprint density at radius 2 is 1.84 bits per heavy atom. The number of thioether (sulfide) groups is 1. The maximum Gasteiger partial charge on any atom is 0.257 e. The Labute approximate surface area is 199 Å². The lowest BCUT2D eigenvalue weighted by molar-refractivity contribution is -0.122. The first-order valence-electron chi connectivity index (χ1n) is 9.85. The van der Waals surface area contributed by atoms with E-state index in [1.54, 1.807) is 42.1 Å². The number of para-hydroxylation sites is 1. The number of rotatable bonds is 8. The van der Waals surface area contributed by atoms with Crippen molar-refractivity contribution in [3.8, 4) is 17.0 Å². The first-order chi connectivity index (χ1) is 15.5. The van der Waals surface area contributed by atoms with Crippen LogP contribution >= 0.6 is 35.0 Å². The van der Waals surface area contributed by atoms with Crippen molar-refractivity contribution in [1.82, 2.24) is 10.3 Å². The Balaban J connectivity index is 1.36. The number of amides is 1. The summed E-state index contributed by atoms with van der Waals surface area (Å²) in [6.07, 6.45) is 0. The molecule has 164 valence electrons. The molecule has 3 aromatic carbocycles. The first-order valence-corrected chi connectivity index (χ1v) is 11.6. The van der Waals surface area contributed by atoms with E-state index < -0.39 is 0 Å². The number of ether oxygens (including phenoxy) is 1. The lowest BCUT2D eigenvalue weighted by atomic mass is 10.1. The number of nitrogens with one attached hydrogen (secondary N) is 2. The second-order valence-corrected chi connectivity index (χ2v) is 8.89. The Morgan fingerprint density at radius 1 is 1.06 bits per heavy atom. The van der Waals surface area contributed by atoms with Crippen molar-refractivity contribution >= 4 is 51.8 Å². The van der Waals surface area contributed by atoms with E-state index in [4.69, 9.17) is 27.9 Å². The molecule has 0 fully saturated rings. The van der Waals surface area contributed by atoms with Crippen LogP contribution in [0.3, 0.4) is 0 Å². The minimum atomic E-state index is -0.274. The zero-order chi connectivity index (χ0) is 22.5.